The number of ketones is 1. The van der Waals surface area contributed by atoms with Crippen molar-refractivity contribution in [2.45, 2.75) is 26.7 Å². The summed E-state index contributed by atoms with van der Waals surface area (Å²) < 4.78 is 0. The van der Waals surface area contributed by atoms with Gasteiger partial charge >= 0.3 is 0 Å². The second kappa shape index (κ2) is 4.80. The van der Waals surface area contributed by atoms with Gasteiger partial charge in [-0.15, -0.1) is 11.3 Å². The van der Waals surface area contributed by atoms with Crippen LogP contribution in [0, 0.1) is 0 Å². The molecule has 0 saturated carbocycles. The largest absolute Gasteiger partial charge is 0.293 e. The van der Waals surface area contributed by atoms with Crippen molar-refractivity contribution < 1.29 is 4.79 Å². The van der Waals surface area contributed by atoms with E-state index in [-0.39, 0.29) is 5.78 Å². The van der Waals surface area contributed by atoms with E-state index >= 15 is 0 Å². The molecule has 3 heteroatoms. The van der Waals surface area contributed by atoms with E-state index in [1.807, 2.05) is 0 Å². The number of Topliss-reactive ketones (excluding diaryl/α,β-unsaturated/α-hetero) is 1. The predicted molar refractivity (Wildman–Crippen MR) is 71.6 cm³/mol. The number of hydrogen-bond acceptors (Lipinski definition) is 3. The Bertz CT molecular complexity index is 525. The molecule has 1 aromatic carbocycles. The molecular weight excluding hydrogens is 230 g/mol. The molecule has 0 spiro atoms. The molecule has 88 valence electrons. The molecule has 1 heterocycles. The van der Waals surface area contributed by atoms with Gasteiger partial charge in [-0.1, -0.05) is 38.1 Å². The quantitative estimate of drug-likeness (QED) is 0.761. The number of hydrogen-bond donors (Lipinski definition) is 0. The van der Waals surface area contributed by atoms with E-state index in [1.165, 1.54) is 16.9 Å². The highest BCUT2D eigenvalue weighted by atomic mass is 32.1. The zero-order valence-corrected chi connectivity index (χ0v) is 11.0. The van der Waals surface area contributed by atoms with Crippen LogP contribution in [0.1, 0.15) is 42.7 Å². The standard InChI is InChI=1S/C14H15NOS/c1-9(2)11-4-6-12(7-5-11)14-13(10(3)16)15-8-17-14/h4-9H,1-3H3. The van der Waals surface area contributed by atoms with Gasteiger partial charge in [0.05, 0.1) is 10.4 Å². The topological polar surface area (TPSA) is 30.0 Å². The van der Waals surface area contributed by atoms with Crippen LogP contribution in [-0.4, -0.2) is 10.8 Å². The first kappa shape index (κ1) is 12.0. The lowest BCUT2D eigenvalue weighted by Gasteiger charge is -2.06. The smallest absolute Gasteiger partial charge is 0.179 e. The highest BCUT2D eigenvalue weighted by Crippen LogP contribution is 2.29. The fourth-order valence-corrected chi connectivity index (χ4v) is 2.56. The molecule has 2 nitrogen and oxygen atoms in total. The molecule has 0 unspecified atom stereocenters. The van der Waals surface area contributed by atoms with E-state index in [2.05, 4.69) is 43.1 Å². The maximum absolute atomic E-state index is 11.4. The summed E-state index contributed by atoms with van der Waals surface area (Å²) in [6.07, 6.45) is 0. The first-order valence-electron chi connectivity index (χ1n) is 5.64. The number of benzene rings is 1. The highest BCUT2D eigenvalue weighted by molar-refractivity contribution is 7.13. The fourth-order valence-electron chi connectivity index (χ4n) is 1.72. The van der Waals surface area contributed by atoms with Crippen molar-refractivity contribution in [3.8, 4) is 10.4 Å². The van der Waals surface area contributed by atoms with Crippen LogP contribution in [0.2, 0.25) is 0 Å². The number of carbonyl (C=O) groups excluding carboxylic acids is 1. The van der Waals surface area contributed by atoms with Gasteiger partial charge in [0, 0.05) is 6.92 Å². The van der Waals surface area contributed by atoms with E-state index in [0.717, 1.165) is 10.4 Å². The number of rotatable bonds is 3. The van der Waals surface area contributed by atoms with Crippen molar-refractivity contribution in [1.82, 2.24) is 4.98 Å². The minimum atomic E-state index is 0.0224. The molecule has 2 rings (SSSR count). The minimum Gasteiger partial charge on any atom is -0.293 e. The van der Waals surface area contributed by atoms with E-state index in [9.17, 15) is 4.79 Å². The van der Waals surface area contributed by atoms with Crippen LogP contribution >= 0.6 is 11.3 Å². The summed E-state index contributed by atoms with van der Waals surface area (Å²) in [5.41, 5.74) is 4.68. The van der Waals surface area contributed by atoms with Crippen LogP contribution in [0.5, 0.6) is 0 Å². The van der Waals surface area contributed by atoms with Crippen LogP contribution < -0.4 is 0 Å². The summed E-state index contributed by atoms with van der Waals surface area (Å²) in [6, 6.07) is 8.36. The van der Waals surface area contributed by atoms with Gasteiger partial charge in [0.15, 0.2) is 5.78 Å². The molecule has 1 aromatic heterocycles. The summed E-state index contributed by atoms with van der Waals surface area (Å²) in [5.74, 6) is 0.548. The second-order valence-electron chi connectivity index (χ2n) is 4.36. The summed E-state index contributed by atoms with van der Waals surface area (Å²) in [7, 11) is 0. The van der Waals surface area contributed by atoms with Gasteiger partial charge in [-0.2, -0.15) is 0 Å². The zero-order chi connectivity index (χ0) is 12.4. The predicted octanol–water partition coefficient (Wildman–Crippen LogP) is 4.14. The van der Waals surface area contributed by atoms with Crippen LogP contribution in [0.15, 0.2) is 29.8 Å². The van der Waals surface area contributed by atoms with Gasteiger partial charge in [-0.05, 0) is 17.0 Å². The second-order valence-corrected chi connectivity index (χ2v) is 5.22. The third-order valence-corrected chi connectivity index (χ3v) is 3.62. The Morgan fingerprint density at radius 1 is 1.24 bits per heavy atom. The summed E-state index contributed by atoms with van der Waals surface area (Å²) in [5, 5.41) is 0. The lowest BCUT2D eigenvalue weighted by molar-refractivity contribution is 0.101. The molecule has 0 radical (unpaired) electrons. The molecule has 17 heavy (non-hydrogen) atoms. The van der Waals surface area contributed by atoms with E-state index in [1.54, 1.807) is 12.4 Å². The molecule has 0 atom stereocenters. The average molecular weight is 245 g/mol. The van der Waals surface area contributed by atoms with Gasteiger partial charge in [-0.3, -0.25) is 4.79 Å². The number of nitrogens with zero attached hydrogens (tertiary/aromatic N) is 1. The normalized spacial score (nSPS) is 10.8. The molecule has 0 bridgehead atoms. The average Bonchev–Trinajstić information content (AvgIpc) is 2.78. The van der Waals surface area contributed by atoms with Crippen molar-refractivity contribution in [2.24, 2.45) is 0 Å². The van der Waals surface area contributed by atoms with Crippen LogP contribution in [0.4, 0.5) is 0 Å². The molecule has 0 saturated heterocycles. The maximum Gasteiger partial charge on any atom is 0.179 e. The Kier molecular flexibility index (Phi) is 3.38. The Morgan fingerprint density at radius 2 is 1.88 bits per heavy atom. The van der Waals surface area contributed by atoms with Gasteiger partial charge < -0.3 is 0 Å². The third kappa shape index (κ3) is 2.44. The zero-order valence-electron chi connectivity index (χ0n) is 10.2. The molecule has 0 aliphatic carbocycles. The van der Waals surface area contributed by atoms with Crippen molar-refractivity contribution in [1.29, 1.82) is 0 Å². The van der Waals surface area contributed by atoms with Crippen LogP contribution in [0.3, 0.4) is 0 Å². The Morgan fingerprint density at radius 3 is 2.41 bits per heavy atom. The number of carbonyl (C=O) groups is 1. The van der Waals surface area contributed by atoms with Crippen LogP contribution in [0.25, 0.3) is 10.4 Å². The molecule has 2 aromatic rings. The van der Waals surface area contributed by atoms with Crippen molar-refractivity contribution in [3.05, 3.63) is 41.0 Å². The van der Waals surface area contributed by atoms with Crippen molar-refractivity contribution >= 4 is 17.1 Å². The minimum absolute atomic E-state index is 0.0224. The van der Waals surface area contributed by atoms with E-state index in [4.69, 9.17) is 0 Å². The first-order chi connectivity index (χ1) is 8.09. The SMILES string of the molecule is CC(=O)c1ncsc1-c1ccc(C(C)C)cc1. The summed E-state index contributed by atoms with van der Waals surface area (Å²) in [4.78, 5) is 16.5. The monoisotopic (exact) mass is 245 g/mol. The first-order valence-corrected chi connectivity index (χ1v) is 6.52. The molecule has 0 amide bonds. The molecular formula is C14H15NOS. The van der Waals surface area contributed by atoms with Gasteiger partial charge in [-0.25, -0.2) is 4.98 Å². The van der Waals surface area contributed by atoms with E-state index < -0.39 is 0 Å². The van der Waals surface area contributed by atoms with Gasteiger partial charge in [0.2, 0.25) is 0 Å². The molecule has 0 N–H and O–H groups in total. The Hall–Kier alpha value is -1.48. The lowest BCUT2D eigenvalue weighted by atomic mass is 10.0. The summed E-state index contributed by atoms with van der Waals surface area (Å²) >= 11 is 1.51. The summed E-state index contributed by atoms with van der Waals surface area (Å²) in [6.45, 7) is 5.90. The third-order valence-electron chi connectivity index (χ3n) is 2.74. The maximum atomic E-state index is 11.4. The fraction of sp³-hybridized carbons (Fsp3) is 0.286. The highest BCUT2D eigenvalue weighted by Gasteiger charge is 2.12. The number of thiazole rings is 1. The van der Waals surface area contributed by atoms with Crippen molar-refractivity contribution in [3.63, 3.8) is 0 Å². The molecule has 0 aliphatic rings. The van der Waals surface area contributed by atoms with Crippen LogP contribution in [-0.2, 0) is 0 Å². The Balaban J connectivity index is 2.40. The molecule has 0 fully saturated rings. The number of aromatic nitrogens is 1. The van der Waals surface area contributed by atoms with Gasteiger partial charge in [0.1, 0.15) is 5.69 Å². The van der Waals surface area contributed by atoms with E-state index in [0.29, 0.717) is 11.6 Å². The Labute approximate surface area is 105 Å². The van der Waals surface area contributed by atoms with Crippen molar-refractivity contribution in [2.75, 3.05) is 0 Å². The molecule has 0 aliphatic heterocycles. The van der Waals surface area contributed by atoms with Gasteiger partial charge in [0.25, 0.3) is 0 Å². The lowest BCUT2D eigenvalue weighted by Crippen LogP contribution is -1.94.